The van der Waals surface area contributed by atoms with E-state index in [1.54, 1.807) is 13.8 Å². The summed E-state index contributed by atoms with van der Waals surface area (Å²) in [5.41, 5.74) is 0. The molecular formula is C13H23N2O6P. The van der Waals surface area contributed by atoms with Crippen LogP contribution in [0.25, 0.3) is 0 Å². The SMILES string of the molecule is CCOP(=O)(CC(=O)CC(=O)N[C@H]1CCCNC1=O)OCC. The smallest absolute Gasteiger partial charge is 0.338 e. The molecule has 8 nitrogen and oxygen atoms in total. The fourth-order valence-electron chi connectivity index (χ4n) is 2.13. The first-order chi connectivity index (χ1) is 10.4. The number of Topliss-reactive ketones (excluding diaryl/α,β-unsaturated/α-hetero) is 1. The molecule has 0 radical (unpaired) electrons. The van der Waals surface area contributed by atoms with Gasteiger partial charge in [0.05, 0.1) is 19.6 Å². The number of carbonyl (C=O) groups is 3. The van der Waals surface area contributed by atoms with Gasteiger partial charge in [0, 0.05) is 6.54 Å². The fourth-order valence-corrected chi connectivity index (χ4v) is 3.72. The predicted molar refractivity (Wildman–Crippen MR) is 79.5 cm³/mol. The van der Waals surface area contributed by atoms with Gasteiger partial charge >= 0.3 is 7.60 Å². The van der Waals surface area contributed by atoms with Crippen LogP contribution in [0.1, 0.15) is 33.1 Å². The van der Waals surface area contributed by atoms with Crippen molar-refractivity contribution in [2.45, 2.75) is 39.2 Å². The summed E-state index contributed by atoms with van der Waals surface area (Å²) >= 11 is 0. The largest absolute Gasteiger partial charge is 0.354 e. The molecule has 0 aliphatic carbocycles. The molecule has 2 amide bonds. The topological polar surface area (TPSA) is 111 Å². The third kappa shape index (κ3) is 6.25. The summed E-state index contributed by atoms with van der Waals surface area (Å²) < 4.78 is 22.2. The Kier molecular flexibility index (Phi) is 7.72. The van der Waals surface area contributed by atoms with Crippen molar-refractivity contribution in [2.24, 2.45) is 0 Å². The fraction of sp³-hybridized carbons (Fsp3) is 0.769. The van der Waals surface area contributed by atoms with Gasteiger partial charge in [0.15, 0.2) is 5.78 Å². The number of nitrogens with one attached hydrogen (secondary N) is 2. The number of ketones is 1. The van der Waals surface area contributed by atoms with Crippen LogP contribution in [-0.2, 0) is 28.0 Å². The molecule has 126 valence electrons. The van der Waals surface area contributed by atoms with Crippen molar-refractivity contribution >= 4 is 25.2 Å². The van der Waals surface area contributed by atoms with Crippen molar-refractivity contribution in [1.29, 1.82) is 0 Å². The number of rotatable bonds is 9. The Balaban J connectivity index is 2.47. The van der Waals surface area contributed by atoms with Crippen LogP contribution in [-0.4, -0.2) is 49.6 Å². The second kappa shape index (κ2) is 9.02. The third-order valence-electron chi connectivity index (χ3n) is 3.00. The third-order valence-corrected chi connectivity index (χ3v) is 5.04. The molecule has 1 aliphatic heterocycles. The quantitative estimate of drug-likeness (QED) is 0.472. The molecular weight excluding hydrogens is 311 g/mol. The van der Waals surface area contributed by atoms with E-state index in [9.17, 15) is 18.9 Å². The molecule has 0 unspecified atom stereocenters. The van der Waals surface area contributed by atoms with Gasteiger partial charge in [-0.1, -0.05) is 0 Å². The molecule has 9 heteroatoms. The average Bonchev–Trinajstić information content (AvgIpc) is 2.41. The summed E-state index contributed by atoms with van der Waals surface area (Å²) in [5, 5.41) is 5.15. The summed E-state index contributed by atoms with van der Waals surface area (Å²) in [6, 6.07) is -0.611. The zero-order valence-corrected chi connectivity index (χ0v) is 13.8. The summed E-state index contributed by atoms with van der Waals surface area (Å²) in [6.45, 7) is 4.18. The van der Waals surface area contributed by atoms with Crippen LogP contribution in [0.5, 0.6) is 0 Å². The van der Waals surface area contributed by atoms with Gasteiger partial charge in [-0.15, -0.1) is 0 Å². The molecule has 0 aromatic carbocycles. The summed E-state index contributed by atoms with van der Waals surface area (Å²) in [7, 11) is -3.50. The van der Waals surface area contributed by atoms with Gasteiger partial charge in [-0.25, -0.2) is 0 Å². The van der Waals surface area contributed by atoms with Gasteiger partial charge < -0.3 is 19.7 Å². The van der Waals surface area contributed by atoms with Crippen molar-refractivity contribution in [1.82, 2.24) is 10.6 Å². The predicted octanol–water partition coefficient (Wildman–Crippen LogP) is 0.607. The van der Waals surface area contributed by atoms with Gasteiger partial charge in [-0.2, -0.15) is 0 Å². The van der Waals surface area contributed by atoms with Gasteiger partial charge in [0.2, 0.25) is 11.8 Å². The monoisotopic (exact) mass is 334 g/mol. The molecule has 0 aromatic heterocycles. The summed E-state index contributed by atoms with van der Waals surface area (Å²) in [6.07, 6.45) is 0.420. The Morgan fingerprint density at radius 3 is 2.50 bits per heavy atom. The average molecular weight is 334 g/mol. The molecule has 22 heavy (non-hydrogen) atoms. The maximum absolute atomic E-state index is 12.2. The van der Waals surface area contributed by atoms with Crippen LogP contribution in [0.4, 0.5) is 0 Å². The van der Waals surface area contributed by atoms with E-state index in [1.807, 2.05) is 0 Å². The van der Waals surface area contributed by atoms with E-state index in [1.165, 1.54) is 0 Å². The van der Waals surface area contributed by atoms with E-state index in [-0.39, 0.29) is 19.1 Å². The second-order valence-corrected chi connectivity index (χ2v) is 6.93. The Labute approximate surface area is 129 Å². The van der Waals surface area contributed by atoms with Crippen molar-refractivity contribution in [2.75, 3.05) is 25.9 Å². The molecule has 1 fully saturated rings. The highest BCUT2D eigenvalue weighted by Gasteiger charge is 2.29. The first-order valence-corrected chi connectivity index (χ1v) is 9.10. The lowest BCUT2D eigenvalue weighted by atomic mass is 10.1. The minimum atomic E-state index is -3.50. The van der Waals surface area contributed by atoms with Gasteiger partial charge in [-0.05, 0) is 26.7 Å². The minimum Gasteiger partial charge on any atom is -0.354 e. The lowest BCUT2D eigenvalue weighted by Crippen LogP contribution is -2.50. The zero-order chi connectivity index (χ0) is 16.6. The maximum atomic E-state index is 12.2. The standard InChI is InChI=1S/C13H23N2O6P/c1-3-20-22(19,21-4-2)9-10(16)8-12(17)15-11-6-5-7-14-13(11)18/h11H,3-9H2,1-2H3,(H,14,18)(H,15,17)/t11-/m0/s1. The van der Waals surface area contributed by atoms with E-state index in [0.29, 0.717) is 13.0 Å². The molecule has 1 aliphatic rings. The number of amides is 2. The lowest BCUT2D eigenvalue weighted by Gasteiger charge is -2.22. The minimum absolute atomic E-state index is 0.152. The zero-order valence-electron chi connectivity index (χ0n) is 12.9. The number of hydrogen-bond acceptors (Lipinski definition) is 6. The highest BCUT2D eigenvalue weighted by Crippen LogP contribution is 2.47. The lowest BCUT2D eigenvalue weighted by molar-refractivity contribution is -0.132. The second-order valence-electron chi connectivity index (χ2n) is 4.87. The van der Waals surface area contributed by atoms with Crippen LogP contribution in [0.3, 0.4) is 0 Å². The molecule has 0 aromatic rings. The molecule has 2 N–H and O–H groups in total. The van der Waals surface area contributed by atoms with Crippen LogP contribution >= 0.6 is 7.60 Å². The summed E-state index contributed by atoms with van der Waals surface area (Å²) in [4.78, 5) is 35.2. The number of piperidine rings is 1. The molecule has 1 rings (SSSR count). The van der Waals surface area contributed by atoms with E-state index in [4.69, 9.17) is 9.05 Å². The Bertz CT molecular complexity index is 457. The maximum Gasteiger partial charge on any atom is 0.338 e. The Hall–Kier alpha value is -1.24. The van der Waals surface area contributed by atoms with Crippen molar-refractivity contribution in [3.63, 3.8) is 0 Å². The first kappa shape index (κ1) is 18.8. The van der Waals surface area contributed by atoms with Gasteiger partial charge in [-0.3, -0.25) is 18.9 Å². The van der Waals surface area contributed by atoms with Crippen LogP contribution in [0, 0.1) is 0 Å². The van der Waals surface area contributed by atoms with Crippen molar-refractivity contribution < 1.29 is 28.0 Å². The summed E-state index contributed by atoms with van der Waals surface area (Å²) in [5.74, 6) is -1.35. The highest BCUT2D eigenvalue weighted by atomic mass is 31.2. The Morgan fingerprint density at radius 1 is 1.32 bits per heavy atom. The molecule has 1 heterocycles. The normalized spacial score (nSPS) is 18.6. The van der Waals surface area contributed by atoms with Crippen LogP contribution < -0.4 is 10.6 Å². The molecule has 0 spiro atoms. The van der Waals surface area contributed by atoms with E-state index in [0.717, 1.165) is 6.42 Å². The van der Waals surface area contributed by atoms with Gasteiger partial charge in [0.25, 0.3) is 0 Å². The first-order valence-electron chi connectivity index (χ1n) is 7.37. The Morgan fingerprint density at radius 2 is 1.95 bits per heavy atom. The van der Waals surface area contributed by atoms with Crippen molar-refractivity contribution in [3.05, 3.63) is 0 Å². The number of hydrogen-bond donors (Lipinski definition) is 2. The van der Waals surface area contributed by atoms with Crippen LogP contribution in [0.2, 0.25) is 0 Å². The van der Waals surface area contributed by atoms with Crippen molar-refractivity contribution in [3.8, 4) is 0 Å². The number of carbonyl (C=O) groups excluding carboxylic acids is 3. The molecule has 0 bridgehead atoms. The van der Waals surface area contributed by atoms with Gasteiger partial charge in [0.1, 0.15) is 12.2 Å². The highest BCUT2D eigenvalue weighted by molar-refractivity contribution is 7.54. The van der Waals surface area contributed by atoms with Crippen LogP contribution in [0.15, 0.2) is 0 Å². The molecule has 1 atom stereocenters. The van der Waals surface area contributed by atoms with E-state index in [2.05, 4.69) is 10.6 Å². The van der Waals surface area contributed by atoms with E-state index >= 15 is 0 Å². The van der Waals surface area contributed by atoms with E-state index < -0.39 is 37.9 Å². The molecule has 1 saturated heterocycles. The molecule has 0 saturated carbocycles.